The van der Waals surface area contributed by atoms with E-state index in [2.05, 4.69) is 0 Å². The van der Waals surface area contributed by atoms with Crippen LogP contribution in [0.5, 0.6) is 0 Å². The molecule has 0 bridgehead atoms. The molecule has 166 valence electrons. The fraction of sp³-hybridized carbons (Fsp3) is 0.895. The summed E-state index contributed by atoms with van der Waals surface area (Å²) >= 11 is 0. The van der Waals surface area contributed by atoms with E-state index < -0.39 is 37.7 Å². The Bertz CT molecular complexity index is 503. The Balaban J connectivity index is 5.61. The van der Waals surface area contributed by atoms with E-state index in [-0.39, 0.29) is 31.0 Å². The average Bonchev–Trinajstić information content (AvgIpc) is 2.57. The number of carbonyl (C=O) groups excluding carboxylic acids is 2. The molecule has 8 nitrogen and oxygen atoms in total. The van der Waals surface area contributed by atoms with Crippen LogP contribution in [-0.2, 0) is 37.4 Å². The van der Waals surface area contributed by atoms with Gasteiger partial charge in [0, 0.05) is 24.7 Å². The fourth-order valence-corrected chi connectivity index (χ4v) is 3.58. The van der Waals surface area contributed by atoms with E-state index in [9.17, 15) is 14.2 Å². The lowest BCUT2D eigenvalue weighted by Crippen LogP contribution is -2.31. The van der Waals surface area contributed by atoms with Crippen molar-refractivity contribution in [3.63, 3.8) is 0 Å². The van der Waals surface area contributed by atoms with E-state index in [1.165, 1.54) is 0 Å². The van der Waals surface area contributed by atoms with Crippen molar-refractivity contribution >= 4 is 19.5 Å². The number of rotatable bonds is 12. The monoisotopic (exact) mass is 424 g/mol. The van der Waals surface area contributed by atoms with Crippen molar-refractivity contribution < 1.29 is 37.4 Å². The molecule has 2 atom stereocenters. The fourth-order valence-electron chi connectivity index (χ4n) is 1.66. The van der Waals surface area contributed by atoms with Gasteiger partial charge < -0.3 is 14.2 Å². The van der Waals surface area contributed by atoms with Crippen LogP contribution in [0, 0.1) is 11.8 Å². The van der Waals surface area contributed by atoms with Gasteiger partial charge in [0.25, 0.3) is 0 Å². The highest BCUT2D eigenvalue weighted by Gasteiger charge is 2.38. The summed E-state index contributed by atoms with van der Waals surface area (Å²) in [5.74, 6) is -1.53. The molecule has 0 aromatic carbocycles. The quantitative estimate of drug-likeness (QED) is 0.249. The molecule has 0 aromatic rings. The summed E-state index contributed by atoms with van der Waals surface area (Å²) in [5.41, 5.74) is -0.608. The SMILES string of the molecule is CCC(=O)OC(OP(=O)(COC(C)(C)C)OC(OC(=O)CC)C(C)C)C(C)C. The molecule has 0 N–H and O–H groups in total. The molecule has 2 unspecified atom stereocenters. The summed E-state index contributed by atoms with van der Waals surface area (Å²) in [7, 11) is -3.95. The third-order valence-electron chi connectivity index (χ3n) is 3.35. The van der Waals surface area contributed by atoms with E-state index in [0.29, 0.717) is 0 Å². The zero-order valence-corrected chi connectivity index (χ0v) is 19.5. The lowest BCUT2D eigenvalue weighted by molar-refractivity contribution is -0.180. The van der Waals surface area contributed by atoms with Gasteiger partial charge in [0.2, 0.25) is 12.6 Å². The summed E-state index contributed by atoms with van der Waals surface area (Å²) in [5, 5.41) is 0. The second-order valence-corrected chi connectivity index (χ2v) is 10.0. The molecule has 0 saturated heterocycles. The Morgan fingerprint density at radius 2 is 1.18 bits per heavy atom. The van der Waals surface area contributed by atoms with Crippen molar-refractivity contribution in [1.29, 1.82) is 0 Å². The second-order valence-electron chi connectivity index (χ2n) is 8.12. The minimum Gasteiger partial charge on any atom is -0.435 e. The maximum absolute atomic E-state index is 13.5. The molecule has 0 aromatic heterocycles. The smallest absolute Gasteiger partial charge is 0.362 e. The van der Waals surface area contributed by atoms with Crippen LogP contribution in [0.15, 0.2) is 0 Å². The van der Waals surface area contributed by atoms with Gasteiger partial charge in [-0.05, 0) is 20.8 Å². The first-order valence-electron chi connectivity index (χ1n) is 9.71. The lowest BCUT2D eigenvalue weighted by atomic mass is 10.2. The molecule has 0 radical (unpaired) electrons. The topological polar surface area (TPSA) is 97.4 Å². The van der Waals surface area contributed by atoms with Gasteiger partial charge in [0.15, 0.2) is 0 Å². The van der Waals surface area contributed by atoms with Crippen molar-refractivity contribution in [1.82, 2.24) is 0 Å². The normalized spacial score (nSPS) is 16.5. The zero-order valence-electron chi connectivity index (χ0n) is 18.6. The van der Waals surface area contributed by atoms with Crippen LogP contribution in [0.4, 0.5) is 0 Å². The molecule has 0 amide bonds. The molecular weight excluding hydrogens is 387 g/mol. The number of ether oxygens (including phenoxy) is 3. The molecule has 0 aliphatic heterocycles. The molecule has 0 saturated carbocycles. The van der Waals surface area contributed by atoms with Crippen LogP contribution >= 0.6 is 7.60 Å². The van der Waals surface area contributed by atoms with Gasteiger partial charge in [0.1, 0.15) is 6.35 Å². The maximum atomic E-state index is 13.5. The highest BCUT2D eigenvalue weighted by molar-refractivity contribution is 7.53. The molecular formula is C19H37O8P. The molecule has 0 aliphatic rings. The van der Waals surface area contributed by atoms with E-state index in [1.54, 1.807) is 62.3 Å². The Morgan fingerprint density at radius 1 is 0.821 bits per heavy atom. The van der Waals surface area contributed by atoms with Crippen LogP contribution in [0.2, 0.25) is 0 Å². The van der Waals surface area contributed by atoms with E-state index in [0.717, 1.165) is 0 Å². The second kappa shape index (κ2) is 11.9. The van der Waals surface area contributed by atoms with Gasteiger partial charge >= 0.3 is 19.5 Å². The van der Waals surface area contributed by atoms with Gasteiger partial charge in [-0.3, -0.25) is 23.2 Å². The van der Waals surface area contributed by atoms with Crippen molar-refractivity contribution in [2.45, 2.75) is 93.3 Å². The van der Waals surface area contributed by atoms with E-state index >= 15 is 0 Å². The number of hydrogen-bond acceptors (Lipinski definition) is 8. The standard InChI is InChI=1S/C19H37O8P/c1-10-15(20)24-17(13(3)4)26-28(22,12-23-19(7,8)9)27-18(14(5)6)25-16(21)11-2/h13-14,17-18H,10-12H2,1-9H3. The van der Waals surface area contributed by atoms with Gasteiger partial charge in [-0.15, -0.1) is 0 Å². The van der Waals surface area contributed by atoms with Crippen LogP contribution < -0.4 is 0 Å². The molecule has 0 spiro atoms. The predicted octanol–water partition coefficient (Wildman–Crippen LogP) is 4.86. The Morgan fingerprint density at radius 3 is 1.43 bits per heavy atom. The van der Waals surface area contributed by atoms with Crippen LogP contribution in [0.3, 0.4) is 0 Å². The highest BCUT2D eigenvalue weighted by Crippen LogP contribution is 2.53. The summed E-state index contributed by atoms with van der Waals surface area (Å²) in [6.45, 7) is 15.7. The van der Waals surface area contributed by atoms with Crippen LogP contribution in [0.1, 0.15) is 75.2 Å². The Kier molecular flexibility index (Phi) is 11.5. The van der Waals surface area contributed by atoms with Crippen LogP contribution in [-0.4, -0.2) is 36.5 Å². The first-order valence-corrected chi connectivity index (χ1v) is 11.4. The number of hydrogen-bond donors (Lipinski definition) is 0. The number of carbonyl (C=O) groups is 2. The minimum atomic E-state index is -3.95. The Labute approximate surface area is 169 Å². The Hall–Kier alpha value is -0.950. The van der Waals surface area contributed by atoms with Crippen molar-refractivity contribution in [2.75, 3.05) is 6.35 Å². The molecule has 0 fully saturated rings. The predicted molar refractivity (Wildman–Crippen MR) is 105 cm³/mol. The third kappa shape index (κ3) is 11.1. The summed E-state index contributed by atoms with van der Waals surface area (Å²) in [6, 6.07) is 0. The van der Waals surface area contributed by atoms with E-state index in [4.69, 9.17) is 23.3 Å². The van der Waals surface area contributed by atoms with E-state index in [1.807, 2.05) is 0 Å². The van der Waals surface area contributed by atoms with Gasteiger partial charge in [-0.1, -0.05) is 41.5 Å². The lowest BCUT2D eigenvalue weighted by Gasteiger charge is -2.31. The first-order chi connectivity index (χ1) is 12.7. The summed E-state index contributed by atoms with van der Waals surface area (Å²) in [4.78, 5) is 23.4. The largest absolute Gasteiger partial charge is 0.435 e. The number of esters is 2. The average molecular weight is 424 g/mol. The van der Waals surface area contributed by atoms with Gasteiger partial charge in [0.05, 0.1) is 5.60 Å². The molecule has 9 heteroatoms. The van der Waals surface area contributed by atoms with Gasteiger partial charge in [-0.25, -0.2) is 0 Å². The summed E-state index contributed by atoms with van der Waals surface area (Å²) < 4.78 is 40.9. The summed E-state index contributed by atoms with van der Waals surface area (Å²) in [6.07, 6.45) is -2.25. The third-order valence-corrected chi connectivity index (χ3v) is 4.85. The molecule has 0 heterocycles. The molecule has 0 aliphatic carbocycles. The zero-order chi connectivity index (χ0) is 22.1. The van der Waals surface area contributed by atoms with Crippen molar-refractivity contribution in [3.05, 3.63) is 0 Å². The minimum absolute atomic E-state index is 0.152. The van der Waals surface area contributed by atoms with Gasteiger partial charge in [-0.2, -0.15) is 0 Å². The van der Waals surface area contributed by atoms with Crippen molar-refractivity contribution in [2.24, 2.45) is 11.8 Å². The maximum Gasteiger partial charge on any atom is 0.362 e. The highest BCUT2D eigenvalue weighted by atomic mass is 31.2. The van der Waals surface area contributed by atoms with Crippen LogP contribution in [0.25, 0.3) is 0 Å². The first kappa shape index (κ1) is 27.0. The van der Waals surface area contributed by atoms with Crippen molar-refractivity contribution in [3.8, 4) is 0 Å². The molecule has 28 heavy (non-hydrogen) atoms. The molecule has 0 rings (SSSR count).